The van der Waals surface area contributed by atoms with E-state index in [1.165, 1.54) is 16.9 Å². The van der Waals surface area contributed by atoms with Gasteiger partial charge < -0.3 is 4.90 Å². The number of thiophene rings is 1. The lowest BCUT2D eigenvalue weighted by Gasteiger charge is -2.29. The Balaban J connectivity index is 1.80. The van der Waals surface area contributed by atoms with E-state index in [9.17, 15) is 4.79 Å². The summed E-state index contributed by atoms with van der Waals surface area (Å²) in [7, 11) is 0. The minimum absolute atomic E-state index is 0.125. The Morgan fingerprint density at radius 2 is 2.00 bits per heavy atom. The smallest absolute Gasteiger partial charge is 0.263 e. The molecule has 1 aromatic carbocycles. The van der Waals surface area contributed by atoms with Crippen LogP contribution in [0.1, 0.15) is 35.0 Å². The first-order chi connectivity index (χ1) is 11.5. The molecule has 5 heteroatoms. The zero-order chi connectivity index (χ0) is 16.8. The molecule has 3 nitrogen and oxygen atoms in total. The van der Waals surface area contributed by atoms with E-state index in [0.29, 0.717) is 11.1 Å². The number of carbonyl (C=O) groups is 1. The van der Waals surface area contributed by atoms with E-state index in [2.05, 4.69) is 24.9 Å². The molecule has 0 N–H and O–H groups in total. The summed E-state index contributed by atoms with van der Waals surface area (Å²) in [4.78, 5) is 20.1. The van der Waals surface area contributed by atoms with Crippen LogP contribution >= 0.6 is 22.9 Å². The van der Waals surface area contributed by atoms with Gasteiger partial charge in [0, 0.05) is 28.6 Å². The Morgan fingerprint density at radius 1 is 1.25 bits per heavy atom. The molecule has 1 aliphatic rings. The number of halogens is 1. The summed E-state index contributed by atoms with van der Waals surface area (Å²) in [5.41, 5.74) is 2.06. The van der Waals surface area contributed by atoms with Crippen LogP contribution in [0.3, 0.4) is 0 Å². The van der Waals surface area contributed by atoms with Crippen LogP contribution in [0.15, 0.2) is 24.3 Å². The zero-order valence-electron chi connectivity index (χ0n) is 13.8. The number of carbonyl (C=O) groups excluding carboxylic acids is 1. The van der Waals surface area contributed by atoms with Crippen molar-refractivity contribution in [3.8, 4) is 0 Å². The van der Waals surface area contributed by atoms with Crippen LogP contribution in [-0.2, 0) is 0 Å². The predicted octanol–water partition coefficient (Wildman–Crippen LogP) is 5.28. The average molecular weight is 359 g/mol. The third-order valence-electron chi connectivity index (χ3n) is 4.85. The van der Waals surface area contributed by atoms with E-state index in [4.69, 9.17) is 11.6 Å². The third-order valence-corrected chi connectivity index (χ3v) is 6.30. The first-order valence-electron chi connectivity index (χ1n) is 8.31. The molecule has 2 aromatic heterocycles. The molecule has 3 heterocycles. The number of pyridine rings is 1. The van der Waals surface area contributed by atoms with E-state index in [-0.39, 0.29) is 5.91 Å². The Kier molecular flexibility index (Phi) is 3.97. The molecule has 124 valence electrons. The second kappa shape index (κ2) is 6.01. The number of hydrogen-bond donors (Lipinski definition) is 0. The van der Waals surface area contributed by atoms with Crippen LogP contribution in [0.5, 0.6) is 0 Å². The summed E-state index contributed by atoms with van der Waals surface area (Å²) in [5, 5.41) is 2.43. The monoisotopic (exact) mass is 358 g/mol. The summed E-state index contributed by atoms with van der Waals surface area (Å²) in [5.74, 6) is 0.835. The average Bonchev–Trinajstić information content (AvgIpc) is 3.02. The van der Waals surface area contributed by atoms with Crippen LogP contribution in [-0.4, -0.2) is 28.9 Å². The number of benzene rings is 1. The summed E-state index contributed by atoms with van der Waals surface area (Å²) in [6.45, 7) is 6.01. The SMILES string of the molecule is Cc1ccc2nc(Cl)c3cc(C(=O)N4CCC(C)CC4)sc3c2c1. The predicted molar refractivity (Wildman–Crippen MR) is 101 cm³/mol. The number of piperidine rings is 1. The Morgan fingerprint density at radius 3 is 2.75 bits per heavy atom. The summed E-state index contributed by atoms with van der Waals surface area (Å²) in [6.07, 6.45) is 2.17. The fourth-order valence-electron chi connectivity index (χ4n) is 3.31. The molecule has 0 saturated carbocycles. The van der Waals surface area contributed by atoms with E-state index in [1.54, 1.807) is 0 Å². The molecule has 24 heavy (non-hydrogen) atoms. The number of amides is 1. The van der Waals surface area contributed by atoms with Gasteiger partial charge in [-0.1, -0.05) is 30.2 Å². The molecule has 0 aliphatic carbocycles. The maximum absolute atomic E-state index is 12.9. The van der Waals surface area contributed by atoms with Crippen LogP contribution in [0, 0.1) is 12.8 Å². The topological polar surface area (TPSA) is 33.2 Å². The highest BCUT2D eigenvalue weighted by molar-refractivity contribution is 7.21. The van der Waals surface area contributed by atoms with Crippen molar-refractivity contribution in [1.29, 1.82) is 0 Å². The highest BCUT2D eigenvalue weighted by Crippen LogP contribution is 2.36. The minimum Gasteiger partial charge on any atom is -0.338 e. The van der Waals surface area contributed by atoms with Gasteiger partial charge in [-0.3, -0.25) is 4.79 Å². The lowest BCUT2D eigenvalue weighted by molar-refractivity contribution is 0.0702. The molecule has 0 bridgehead atoms. The molecule has 1 fully saturated rings. The molecule has 0 unspecified atom stereocenters. The van der Waals surface area contributed by atoms with Gasteiger partial charge in [-0.25, -0.2) is 4.98 Å². The highest BCUT2D eigenvalue weighted by Gasteiger charge is 2.24. The fourth-order valence-corrected chi connectivity index (χ4v) is 4.76. The lowest BCUT2D eigenvalue weighted by Crippen LogP contribution is -2.37. The zero-order valence-corrected chi connectivity index (χ0v) is 15.4. The first kappa shape index (κ1) is 15.9. The Hall–Kier alpha value is -1.65. The number of rotatable bonds is 1. The van der Waals surface area contributed by atoms with Gasteiger partial charge in [0.25, 0.3) is 5.91 Å². The number of nitrogens with zero attached hydrogens (tertiary/aromatic N) is 2. The minimum atomic E-state index is 0.125. The fraction of sp³-hybridized carbons (Fsp3) is 0.368. The largest absolute Gasteiger partial charge is 0.338 e. The van der Waals surface area contributed by atoms with Crippen molar-refractivity contribution in [3.05, 3.63) is 39.9 Å². The van der Waals surface area contributed by atoms with Gasteiger partial charge in [0.05, 0.1) is 10.4 Å². The molecular weight excluding hydrogens is 340 g/mol. The van der Waals surface area contributed by atoms with Crippen LogP contribution in [0.4, 0.5) is 0 Å². The van der Waals surface area contributed by atoms with Crippen LogP contribution in [0.25, 0.3) is 21.0 Å². The van der Waals surface area contributed by atoms with Crippen molar-refractivity contribution < 1.29 is 4.79 Å². The Labute approximate surface area is 150 Å². The van der Waals surface area contributed by atoms with E-state index < -0.39 is 0 Å². The first-order valence-corrected chi connectivity index (χ1v) is 9.51. The van der Waals surface area contributed by atoms with E-state index in [0.717, 1.165) is 51.8 Å². The van der Waals surface area contributed by atoms with E-state index in [1.807, 2.05) is 23.1 Å². The van der Waals surface area contributed by atoms with Crippen LogP contribution in [0.2, 0.25) is 5.15 Å². The van der Waals surface area contributed by atoms with E-state index >= 15 is 0 Å². The van der Waals surface area contributed by atoms with Gasteiger partial charge in [-0.05, 0) is 43.9 Å². The maximum Gasteiger partial charge on any atom is 0.263 e. The second-order valence-electron chi connectivity index (χ2n) is 6.75. The molecule has 1 aliphatic heterocycles. The lowest BCUT2D eigenvalue weighted by atomic mass is 9.99. The standard InChI is InChI=1S/C19H19ClN2OS/c1-11-5-7-22(8-6-11)19(23)16-10-14-17(24-16)13-9-12(2)3-4-15(13)21-18(14)20/h3-4,9-11H,5-8H2,1-2H3. The number of aromatic nitrogens is 1. The van der Waals surface area contributed by atoms with Crippen LogP contribution < -0.4 is 0 Å². The van der Waals surface area contributed by atoms with Gasteiger partial charge >= 0.3 is 0 Å². The van der Waals surface area contributed by atoms with Gasteiger partial charge in [0.15, 0.2) is 0 Å². The van der Waals surface area contributed by atoms with Crippen molar-refractivity contribution in [2.24, 2.45) is 5.92 Å². The van der Waals surface area contributed by atoms with Crippen molar-refractivity contribution in [3.63, 3.8) is 0 Å². The number of hydrogen-bond acceptors (Lipinski definition) is 3. The quantitative estimate of drug-likeness (QED) is 0.554. The molecule has 4 rings (SSSR count). The van der Waals surface area contributed by atoms with Crippen molar-refractivity contribution in [2.75, 3.05) is 13.1 Å². The van der Waals surface area contributed by atoms with Gasteiger partial charge in [-0.2, -0.15) is 0 Å². The van der Waals surface area contributed by atoms with Crippen molar-refractivity contribution in [1.82, 2.24) is 9.88 Å². The number of likely N-dealkylation sites (tertiary alicyclic amines) is 1. The number of fused-ring (bicyclic) bond motifs is 3. The summed E-state index contributed by atoms with van der Waals surface area (Å²) in [6, 6.07) is 8.06. The molecule has 0 radical (unpaired) electrons. The van der Waals surface area contributed by atoms with Gasteiger partial charge in [0.1, 0.15) is 5.15 Å². The van der Waals surface area contributed by atoms with Gasteiger partial charge in [-0.15, -0.1) is 11.3 Å². The summed E-state index contributed by atoms with van der Waals surface area (Å²) < 4.78 is 1.06. The highest BCUT2D eigenvalue weighted by atomic mass is 35.5. The summed E-state index contributed by atoms with van der Waals surface area (Å²) >= 11 is 7.91. The molecule has 0 atom stereocenters. The third kappa shape index (κ3) is 2.68. The molecular formula is C19H19ClN2OS. The number of aryl methyl sites for hydroxylation is 1. The Bertz CT molecular complexity index is 941. The molecule has 0 spiro atoms. The second-order valence-corrected chi connectivity index (χ2v) is 8.16. The normalized spacial score (nSPS) is 16.2. The van der Waals surface area contributed by atoms with Crippen molar-refractivity contribution >= 4 is 49.8 Å². The molecule has 1 saturated heterocycles. The molecule has 3 aromatic rings. The molecule has 1 amide bonds. The van der Waals surface area contributed by atoms with Crippen molar-refractivity contribution in [2.45, 2.75) is 26.7 Å². The maximum atomic E-state index is 12.9. The van der Waals surface area contributed by atoms with Gasteiger partial charge in [0.2, 0.25) is 0 Å².